The minimum Gasteiger partial charge on any atom is -0.283 e. The quantitative estimate of drug-likeness (QED) is 0.765. The van der Waals surface area contributed by atoms with Gasteiger partial charge in [0.2, 0.25) is 0 Å². The van der Waals surface area contributed by atoms with Gasteiger partial charge < -0.3 is 0 Å². The Morgan fingerprint density at radius 3 is 2.44 bits per heavy atom. The van der Waals surface area contributed by atoms with Crippen LogP contribution >= 0.6 is 0 Å². The van der Waals surface area contributed by atoms with Crippen LogP contribution < -0.4 is 4.90 Å². The van der Waals surface area contributed by atoms with Gasteiger partial charge in [-0.25, -0.2) is 4.98 Å². The smallest absolute Gasteiger partial charge is 0.260 e. The highest BCUT2D eigenvalue weighted by atomic mass is 16.2. The molecule has 1 amide bonds. The minimum atomic E-state index is -0.359. The zero-order valence-electron chi connectivity index (χ0n) is 10.4. The van der Waals surface area contributed by atoms with E-state index in [1.54, 1.807) is 11.1 Å². The number of hydrogen-bond acceptors (Lipinski definition) is 2. The molecular formula is C15H14N2O. The number of benzene rings is 1. The zero-order chi connectivity index (χ0) is 12.8. The molecule has 0 spiro atoms. The minimum absolute atomic E-state index is 0.0225. The monoisotopic (exact) mass is 238 g/mol. The first-order valence-electron chi connectivity index (χ1n) is 5.97. The van der Waals surface area contributed by atoms with Crippen LogP contribution in [0.2, 0.25) is 0 Å². The second kappa shape index (κ2) is 3.67. The number of pyridine rings is 1. The van der Waals surface area contributed by atoms with Crippen LogP contribution in [-0.4, -0.2) is 10.9 Å². The summed E-state index contributed by atoms with van der Waals surface area (Å²) in [6.07, 6.45) is 1.71. The van der Waals surface area contributed by atoms with Crippen LogP contribution in [0.4, 0.5) is 5.82 Å². The Morgan fingerprint density at radius 1 is 1.06 bits per heavy atom. The van der Waals surface area contributed by atoms with Crippen LogP contribution in [0.15, 0.2) is 48.7 Å². The van der Waals surface area contributed by atoms with Crippen molar-refractivity contribution in [2.24, 2.45) is 0 Å². The number of hydrogen-bond donors (Lipinski definition) is 0. The topological polar surface area (TPSA) is 33.2 Å². The number of aromatic nitrogens is 1. The normalized spacial score (nSPS) is 16.8. The van der Waals surface area contributed by atoms with Crippen molar-refractivity contribution in [3.8, 4) is 0 Å². The molecule has 2 heterocycles. The fourth-order valence-electron chi connectivity index (χ4n) is 2.57. The highest BCUT2D eigenvalue weighted by Gasteiger charge is 2.43. The second-order valence-corrected chi connectivity index (χ2v) is 4.93. The molecule has 1 aliphatic heterocycles. The molecule has 1 aliphatic rings. The summed E-state index contributed by atoms with van der Waals surface area (Å²) in [6, 6.07) is 13.4. The Balaban J connectivity index is 2.18. The SMILES string of the molecule is CC1(C)c2ccccc2C(=O)N1c1ccccn1. The average Bonchev–Trinajstić information content (AvgIpc) is 2.59. The van der Waals surface area contributed by atoms with Gasteiger partial charge in [0, 0.05) is 11.8 Å². The van der Waals surface area contributed by atoms with E-state index in [-0.39, 0.29) is 11.4 Å². The summed E-state index contributed by atoms with van der Waals surface area (Å²) in [7, 11) is 0. The molecule has 0 aliphatic carbocycles. The van der Waals surface area contributed by atoms with E-state index in [2.05, 4.69) is 4.98 Å². The lowest BCUT2D eigenvalue weighted by Gasteiger charge is -2.31. The van der Waals surface area contributed by atoms with Crippen molar-refractivity contribution in [1.82, 2.24) is 4.98 Å². The molecule has 1 aromatic heterocycles. The highest BCUT2D eigenvalue weighted by Crippen LogP contribution is 2.40. The Morgan fingerprint density at radius 2 is 1.78 bits per heavy atom. The lowest BCUT2D eigenvalue weighted by molar-refractivity contribution is 0.0981. The van der Waals surface area contributed by atoms with Crippen LogP contribution in [0.3, 0.4) is 0 Å². The van der Waals surface area contributed by atoms with Gasteiger partial charge >= 0.3 is 0 Å². The second-order valence-electron chi connectivity index (χ2n) is 4.93. The van der Waals surface area contributed by atoms with Gasteiger partial charge in [0.15, 0.2) is 0 Å². The lowest BCUT2D eigenvalue weighted by atomic mass is 9.94. The molecule has 3 heteroatoms. The summed E-state index contributed by atoms with van der Waals surface area (Å²) in [4.78, 5) is 18.6. The molecule has 18 heavy (non-hydrogen) atoms. The van der Waals surface area contributed by atoms with Gasteiger partial charge in [0.25, 0.3) is 5.91 Å². The Bertz CT molecular complexity index is 605. The number of amides is 1. The maximum Gasteiger partial charge on any atom is 0.260 e. The van der Waals surface area contributed by atoms with Crippen LogP contribution in [0.5, 0.6) is 0 Å². The molecule has 2 aromatic rings. The zero-order valence-corrected chi connectivity index (χ0v) is 10.4. The fourth-order valence-corrected chi connectivity index (χ4v) is 2.57. The van der Waals surface area contributed by atoms with Crippen LogP contribution in [0, 0.1) is 0 Å². The Labute approximate surface area is 106 Å². The molecule has 1 aromatic carbocycles. The standard InChI is InChI=1S/C15H14N2O/c1-15(2)12-8-4-3-7-11(12)14(18)17(15)13-9-5-6-10-16-13/h3-10H,1-2H3. The van der Waals surface area contributed by atoms with Gasteiger partial charge in [-0.1, -0.05) is 24.3 Å². The van der Waals surface area contributed by atoms with Crippen LogP contribution in [0.25, 0.3) is 0 Å². The first kappa shape index (κ1) is 11.0. The molecule has 0 atom stereocenters. The molecule has 3 nitrogen and oxygen atoms in total. The molecule has 3 rings (SSSR count). The van der Waals surface area contributed by atoms with E-state index in [1.807, 2.05) is 56.3 Å². The predicted molar refractivity (Wildman–Crippen MR) is 70.5 cm³/mol. The van der Waals surface area contributed by atoms with Crippen molar-refractivity contribution in [2.45, 2.75) is 19.4 Å². The summed E-state index contributed by atoms with van der Waals surface area (Å²) in [5, 5.41) is 0. The summed E-state index contributed by atoms with van der Waals surface area (Å²) >= 11 is 0. The molecule has 0 saturated carbocycles. The third-order valence-corrected chi connectivity index (χ3v) is 3.46. The maximum absolute atomic E-state index is 12.5. The number of nitrogens with zero attached hydrogens (tertiary/aromatic N) is 2. The van der Waals surface area contributed by atoms with Crippen LogP contribution in [0.1, 0.15) is 29.8 Å². The fraction of sp³-hybridized carbons (Fsp3) is 0.200. The van der Waals surface area contributed by atoms with Crippen molar-refractivity contribution < 1.29 is 4.79 Å². The van der Waals surface area contributed by atoms with E-state index < -0.39 is 0 Å². The van der Waals surface area contributed by atoms with Crippen molar-refractivity contribution >= 4 is 11.7 Å². The van der Waals surface area contributed by atoms with Gasteiger partial charge in [0.1, 0.15) is 5.82 Å². The molecule has 0 bridgehead atoms. The van der Waals surface area contributed by atoms with Gasteiger partial charge in [-0.05, 0) is 37.6 Å². The van der Waals surface area contributed by atoms with Gasteiger partial charge in [-0.2, -0.15) is 0 Å². The van der Waals surface area contributed by atoms with Gasteiger partial charge in [0.05, 0.1) is 5.54 Å². The van der Waals surface area contributed by atoms with E-state index in [9.17, 15) is 4.79 Å². The Kier molecular flexibility index (Phi) is 2.23. The first-order valence-corrected chi connectivity index (χ1v) is 5.97. The molecular weight excluding hydrogens is 224 g/mol. The molecule has 0 N–H and O–H groups in total. The average molecular weight is 238 g/mol. The van der Waals surface area contributed by atoms with Crippen molar-refractivity contribution in [3.05, 3.63) is 59.8 Å². The van der Waals surface area contributed by atoms with Crippen LogP contribution in [-0.2, 0) is 5.54 Å². The highest BCUT2D eigenvalue weighted by molar-refractivity contribution is 6.11. The molecule has 0 saturated heterocycles. The van der Waals surface area contributed by atoms with Crippen molar-refractivity contribution in [2.75, 3.05) is 4.90 Å². The van der Waals surface area contributed by atoms with Crippen molar-refractivity contribution in [3.63, 3.8) is 0 Å². The summed E-state index contributed by atoms with van der Waals surface area (Å²) in [5.74, 6) is 0.720. The van der Waals surface area contributed by atoms with E-state index in [1.165, 1.54) is 0 Å². The van der Waals surface area contributed by atoms with E-state index in [0.29, 0.717) is 5.82 Å². The predicted octanol–water partition coefficient (Wildman–Crippen LogP) is 2.98. The van der Waals surface area contributed by atoms with Gasteiger partial charge in [-0.3, -0.25) is 9.69 Å². The number of rotatable bonds is 1. The van der Waals surface area contributed by atoms with Crippen molar-refractivity contribution in [1.29, 1.82) is 0 Å². The third-order valence-electron chi connectivity index (χ3n) is 3.46. The Hall–Kier alpha value is -2.16. The summed E-state index contributed by atoms with van der Waals surface area (Å²) in [6.45, 7) is 4.09. The number of carbonyl (C=O) groups is 1. The van der Waals surface area contributed by atoms with Gasteiger partial charge in [-0.15, -0.1) is 0 Å². The molecule has 0 unspecified atom stereocenters. The third kappa shape index (κ3) is 1.37. The summed E-state index contributed by atoms with van der Waals surface area (Å²) < 4.78 is 0. The number of anilines is 1. The molecule has 0 radical (unpaired) electrons. The lowest BCUT2D eigenvalue weighted by Crippen LogP contribution is -2.39. The molecule has 90 valence electrons. The van der Waals surface area contributed by atoms with E-state index in [4.69, 9.17) is 0 Å². The van der Waals surface area contributed by atoms with E-state index in [0.717, 1.165) is 11.1 Å². The number of fused-ring (bicyclic) bond motifs is 1. The maximum atomic E-state index is 12.5. The first-order chi connectivity index (χ1) is 8.62. The largest absolute Gasteiger partial charge is 0.283 e. The number of carbonyl (C=O) groups excluding carboxylic acids is 1. The molecule has 0 fully saturated rings. The van der Waals surface area contributed by atoms with E-state index >= 15 is 0 Å². The summed E-state index contributed by atoms with van der Waals surface area (Å²) in [5.41, 5.74) is 1.47.